The number of likely N-dealkylation sites (tertiary alicyclic amines) is 1. The van der Waals surface area contributed by atoms with E-state index in [4.69, 9.17) is 0 Å². The number of aromatic nitrogens is 2. The SMILES string of the molecule is CC(C)(C)n1ncc(C(=O)N2CCCCC2)c1-c1ccccc1. The van der Waals surface area contributed by atoms with Gasteiger partial charge in [0.1, 0.15) is 0 Å². The summed E-state index contributed by atoms with van der Waals surface area (Å²) in [6.45, 7) is 8.05. The summed E-state index contributed by atoms with van der Waals surface area (Å²) in [6.07, 6.45) is 5.15. The van der Waals surface area contributed by atoms with Gasteiger partial charge in [0.25, 0.3) is 5.91 Å². The van der Waals surface area contributed by atoms with Gasteiger partial charge in [-0.25, -0.2) is 0 Å². The third kappa shape index (κ3) is 3.16. The van der Waals surface area contributed by atoms with Gasteiger partial charge in [-0.3, -0.25) is 9.48 Å². The zero-order valence-electron chi connectivity index (χ0n) is 14.2. The maximum atomic E-state index is 13.0. The molecule has 0 bridgehead atoms. The van der Waals surface area contributed by atoms with Crippen molar-refractivity contribution in [3.8, 4) is 11.3 Å². The van der Waals surface area contributed by atoms with Crippen LogP contribution in [-0.4, -0.2) is 33.7 Å². The summed E-state index contributed by atoms with van der Waals surface area (Å²) in [7, 11) is 0. The van der Waals surface area contributed by atoms with E-state index in [1.165, 1.54) is 6.42 Å². The van der Waals surface area contributed by atoms with Crippen molar-refractivity contribution in [1.82, 2.24) is 14.7 Å². The van der Waals surface area contributed by atoms with Crippen molar-refractivity contribution in [3.05, 3.63) is 42.1 Å². The molecular formula is C19H25N3O. The lowest BCUT2D eigenvalue weighted by Crippen LogP contribution is -2.36. The summed E-state index contributed by atoms with van der Waals surface area (Å²) in [5, 5.41) is 4.55. The van der Waals surface area contributed by atoms with Gasteiger partial charge in [0, 0.05) is 18.7 Å². The molecule has 3 rings (SSSR count). The van der Waals surface area contributed by atoms with Crippen molar-refractivity contribution in [2.45, 2.75) is 45.6 Å². The number of benzene rings is 1. The van der Waals surface area contributed by atoms with Crippen molar-refractivity contribution in [1.29, 1.82) is 0 Å². The second kappa shape index (κ2) is 6.19. The predicted octanol–water partition coefficient (Wildman–Crippen LogP) is 3.93. The molecule has 1 aliphatic heterocycles. The maximum absolute atomic E-state index is 13.0. The van der Waals surface area contributed by atoms with Crippen LogP contribution in [0, 0.1) is 0 Å². The average molecular weight is 311 g/mol. The quantitative estimate of drug-likeness (QED) is 0.843. The Morgan fingerprint density at radius 1 is 1.04 bits per heavy atom. The van der Waals surface area contributed by atoms with E-state index in [1.807, 2.05) is 39.9 Å². The molecule has 1 aromatic carbocycles. The highest BCUT2D eigenvalue weighted by atomic mass is 16.2. The van der Waals surface area contributed by atoms with E-state index in [0.717, 1.165) is 37.2 Å². The lowest BCUT2D eigenvalue weighted by atomic mass is 10.0. The molecule has 0 spiro atoms. The molecule has 4 nitrogen and oxygen atoms in total. The van der Waals surface area contributed by atoms with Crippen molar-refractivity contribution >= 4 is 5.91 Å². The molecule has 0 radical (unpaired) electrons. The lowest BCUT2D eigenvalue weighted by molar-refractivity contribution is 0.0725. The molecule has 1 aliphatic rings. The Balaban J connectivity index is 2.07. The fourth-order valence-corrected chi connectivity index (χ4v) is 3.15. The van der Waals surface area contributed by atoms with Crippen molar-refractivity contribution in [2.75, 3.05) is 13.1 Å². The van der Waals surface area contributed by atoms with E-state index in [1.54, 1.807) is 6.20 Å². The van der Waals surface area contributed by atoms with Crippen LogP contribution < -0.4 is 0 Å². The Hall–Kier alpha value is -2.10. The highest BCUT2D eigenvalue weighted by molar-refractivity contribution is 6.00. The number of piperidine rings is 1. The summed E-state index contributed by atoms with van der Waals surface area (Å²) in [5.74, 6) is 0.110. The number of nitrogens with zero attached hydrogens (tertiary/aromatic N) is 3. The molecule has 2 aromatic rings. The first-order valence-corrected chi connectivity index (χ1v) is 8.41. The van der Waals surface area contributed by atoms with E-state index >= 15 is 0 Å². The molecule has 1 amide bonds. The second-order valence-corrected chi connectivity index (χ2v) is 7.21. The highest BCUT2D eigenvalue weighted by Gasteiger charge is 2.28. The van der Waals surface area contributed by atoms with Crippen LogP contribution in [-0.2, 0) is 5.54 Å². The monoisotopic (exact) mass is 311 g/mol. The zero-order valence-corrected chi connectivity index (χ0v) is 14.2. The largest absolute Gasteiger partial charge is 0.339 e. The number of hydrogen-bond acceptors (Lipinski definition) is 2. The third-order valence-electron chi connectivity index (χ3n) is 4.33. The van der Waals surface area contributed by atoms with E-state index in [9.17, 15) is 4.79 Å². The van der Waals surface area contributed by atoms with E-state index in [-0.39, 0.29) is 11.4 Å². The topological polar surface area (TPSA) is 38.1 Å². The predicted molar refractivity (Wildman–Crippen MR) is 92.4 cm³/mol. The molecule has 2 heterocycles. The van der Waals surface area contributed by atoms with Gasteiger partial charge in [0.05, 0.1) is 23.0 Å². The summed E-state index contributed by atoms with van der Waals surface area (Å²) < 4.78 is 1.97. The first-order valence-electron chi connectivity index (χ1n) is 8.41. The molecule has 0 saturated carbocycles. The van der Waals surface area contributed by atoms with Gasteiger partial charge in [0.2, 0.25) is 0 Å². The first kappa shape index (κ1) is 15.8. The smallest absolute Gasteiger partial charge is 0.257 e. The van der Waals surface area contributed by atoms with Crippen LogP contribution in [0.1, 0.15) is 50.4 Å². The molecule has 0 atom stereocenters. The molecule has 0 N–H and O–H groups in total. The molecule has 0 aliphatic carbocycles. The lowest BCUT2D eigenvalue weighted by Gasteiger charge is -2.27. The summed E-state index contributed by atoms with van der Waals surface area (Å²) in [5.41, 5.74) is 2.51. The van der Waals surface area contributed by atoms with Gasteiger partial charge in [-0.1, -0.05) is 30.3 Å². The van der Waals surface area contributed by atoms with Crippen LogP contribution in [0.4, 0.5) is 0 Å². The first-order chi connectivity index (χ1) is 11.0. The fourth-order valence-electron chi connectivity index (χ4n) is 3.15. The van der Waals surface area contributed by atoms with Crippen LogP contribution in [0.5, 0.6) is 0 Å². The molecular weight excluding hydrogens is 286 g/mol. The minimum absolute atomic E-state index is 0.110. The molecule has 122 valence electrons. The fraction of sp³-hybridized carbons (Fsp3) is 0.474. The molecule has 0 unspecified atom stereocenters. The van der Waals surface area contributed by atoms with E-state index < -0.39 is 0 Å². The average Bonchev–Trinajstić information content (AvgIpc) is 3.01. The summed E-state index contributed by atoms with van der Waals surface area (Å²) in [4.78, 5) is 15.0. The zero-order chi connectivity index (χ0) is 16.4. The number of rotatable bonds is 2. The summed E-state index contributed by atoms with van der Waals surface area (Å²) in [6, 6.07) is 10.1. The van der Waals surface area contributed by atoms with Gasteiger partial charge >= 0.3 is 0 Å². The van der Waals surface area contributed by atoms with Crippen molar-refractivity contribution < 1.29 is 4.79 Å². The van der Waals surface area contributed by atoms with Crippen LogP contribution in [0.15, 0.2) is 36.5 Å². The number of hydrogen-bond donors (Lipinski definition) is 0. The standard InChI is InChI=1S/C19H25N3O/c1-19(2,3)22-17(15-10-6-4-7-11-15)16(14-20-22)18(23)21-12-8-5-9-13-21/h4,6-7,10-11,14H,5,8-9,12-13H2,1-3H3. The number of carbonyl (C=O) groups excluding carboxylic acids is 1. The molecule has 4 heteroatoms. The van der Waals surface area contributed by atoms with Gasteiger partial charge in [-0.2, -0.15) is 5.10 Å². The minimum Gasteiger partial charge on any atom is -0.339 e. The van der Waals surface area contributed by atoms with Gasteiger partial charge in [-0.15, -0.1) is 0 Å². The normalized spacial score (nSPS) is 15.7. The van der Waals surface area contributed by atoms with Crippen LogP contribution in [0.25, 0.3) is 11.3 Å². The molecule has 23 heavy (non-hydrogen) atoms. The highest BCUT2D eigenvalue weighted by Crippen LogP contribution is 2.30. The summed E-state index contributed by atoms with van der Waals surface area (Å²) >= 11 is 0. The molecule has 1 saturated heterocycles. The van der Waals surface area contributed by atoms with Gasteiger partial charge < -0.3 is 4.90 Å². The number of amides is 1. The van der Waals surface area contributed by atoms with Crippen molar-refractivity contribution in [2.24, 2.45) is 0 Å². The van der Waals surface area contributed by atoms with Gasteiger partial charge in [0.15, 0.2) is 0 Å². The van der Waals surface area contributed by atoms with E-state index in [0.29, 0.717) is 5.56 Å². The Kier molecular flexibility index (Phi) is 4.24. The third-order valence-corrected chi connectivity index (χ3v) is 4.33. The number of carbonyl (C=O) groups is 1. The second-order valence-electron chi connectivity index (χ2n) is 7.21. The maximum Gasteiger partial charge on any atom is 0.257 e. The van der Waals surface area contributed by atoms with Crippen molar-refractivity contribution in [3.63, 3.8) is 0 Å². The van der Waals surface area contributed by atoms with Crippen LogP contribution in [0.2, 0.25) is 0 Å². The van der Waals surface area contributed by atoms with Crippen LogP contribution >= 0.6 is 0 Å². The van der Waals surface area contributed by atoms with Crippen LogP contribution in [0.3, 0.4) is 0 Å². The Morgan fingerprint density at radius 2 is 1.70 bits per heavy atom. The van der Waals surface area contributed by atoms with E-state index in [2.05, 4.69) is 25.9 Å². The Bertz CT molecular complexity index is 676. The van der Waals surface area contributed by atoms with Gasteiger partial charge in [-0.05, 0) is 40.0 Å². The minimum atomic E-state index is -0.175. The molecule has 1 fully saturated rings. The molecule has 1 aromatic heterocycles. The Morgan fingerprint density at radius 3 is 2.30 bits per heavy atom. The Labute approximate surface area is 138 Å².